The van der Waals surface area contributed by atoms with Gasteiger partial charge >= 0.3 is 6.18 Å². The molecule has 3 rings (SSSR count). The smallest absolute Gasteiger partial charge is 0.416 e. The summed E-state index contributed by atoms with van der Waals surface area (Å²) in [4.78, 5) is 3.90. The van der Waals surface area contributed by atoms with Gasteiger partial charge in [0.05, 0.1) is 5.56 Å². The van der Waals surface area contributed by atoms with E-state index in [0.717, 1.165) is 17.5 Å². The number of nitrogens with two attached hydrogens (primary N) is 1. The number of halogens is 3. The molecule has 0 fully saturated rings. The third-order valence-electron chi connectivity index (χ3n) is 2.85. The van der Waals surface area contributed by atoms with E-state index in [2.05, 4.69) is 4.98 Å². The number of nitrogen functional groups attached to an aromatic ring is 1. The molecule has 0 aliphatic rings. The Bertz CT molecular complexity index is 744. The van der Waals surface area contributed by atoms with E-state index in [1.54, 1.807) is 24.3 Å². The van der Waals surface area contributed by atoms with Crippen LogP contribution < -0.4 is 5.73 Å². The van der Waals surface area contributed by atoms with Gasteiger partial charge in [-0.1, -0.05) is 18.2 Å². The van der Waals surface area contributed by atoms with Gasteiger partial charge in [-0.15, -0.1) is 0 Å². The Morgan fingerprint density at radius 3 is 2.50 bits per heavy atom. The number of alkyl halides is 3. The molecule has 0 saturated carbocycles. The molecule has 0 bridgehead atoms. The molecule has 0 aliphatic carbocycles. The lowest BCUT2D eigenvalue weighted by molar-refractivity contribution is -0.137. The molecule has 0 radical (unpaired) electrons. The fraction of sp³-hybridized carbons (Fsp3) is 0.0714. The summed E-state index contributed by atoms with van der Waals surface area (Å²) in [5, 5.41) is 0.792. The summed E-state index contributed by atoms with van der Waals surface area (Å²) >= 11 is 0. The second-order valence-corrected chi connectivity index (χ2v) is 4.31. The first kappa shape index (κ1) is 12.5. The van der Waals surface area contributed by atoms with Gasteiger partial charge in [0.1, 0.15) is 17.1 Å². The second kappa shape index (κ2) is 4.26. The van der Waals surface area contributed by atoms with Gasteiger partial charge < -0.3 is 10.2 Å². The molecule has 0 aliphatic heterocycles. The Morgan fingerprint density at radius 1 is 1.05 bits per heavy atom. The summed E-state index contributed by atoms with van der Waals surface area (Å²) < 4.78 is 43.8. The molecule has 0 spiro atoms. The molecular formula is C14H9F3N2O. The lowest BCUT2D eigenvalue weighted by Gasteiger charge is -2.08. The van der Waals surface area contributed by atoms with Crippen LogP contribution in [0.1, 0.15) is 5.56 Å². The topological polar surface area (TPSA) is 52.0 Å². The molecule has 1 aromatic carbocycles. The van der Waals surface area contributed by atoms with Crippen molar-refractivity contribution >= 4 is 16.8 Å². The molecule has 2 heterocycles. The van der Waals surface area contributed by atoms with Gasteiger partial charge in [0.2, 0.25) is 0 Å². The zero-order valence-electron chi connectivity index (χ0n) is 10.1. The molecule has 6 heteroatoms. The number of nitrogens with zero attached hydrogens (tertiary/aromatic N) is 1. The first-order valence-electron chi connectivity index (χ1n) is 5.77. The summed E-state index contributed by atoms with van der Waals surface area (Å²) in [5.74, 6) is 0.0549. The number of para-hydroxylation sites is 1. The molecule has 2 aromatic heterocycles. The van der Waals surface area contributed by atoms with Crippen LogP contribution >= 0.6 is 0 Å². The summed E-state index contributed by atoms with van der Waals surface area (Å²) in [6.45, 7) is 0. The van der Waals surface area contributed by atoms with E-state index < -0.39 is 11.7 Å². The van der Waals surface area contributed by atoms with Crippen molar-refractivity contribution in [2.24, 2.45) is 0 Å². The van der Waals surface area contributed by atoms with E-state index in [4.69, 9.17) is 10.2 Å². The standard InChI is InChI=1S/C14H9F3N2O/c15-14(16,17)9-6-10(19-13(18)7-9)12-5-8-3-1-2-4-11(8)20-12/h1-7H,(H2,18,19). The van der Waals surface area contributed by atoms with Gasteiger partial charge in [-0.3, -0.25) is 0 Å². The summed E-state index contributed by atoms with van der Waals surface area (Å²) in [7, 11) is 0. The Kier molecular flexibility index (Phi) is 2.67. The summed E-state index contributed by atoms with van der Waals surface area (Å²) in [6, 6.07) is 10.5. The maximum atomic E-state index is 12.8. The number of hydrogen-bond acceptors (Lipinski definition) is 3. The number of benzene rings is 1. The van der Waals surface area contributed by atoms with Gasteiger partial charge in [0.25, 0.3) is 0 Å². The number of aromatic nitrogens is 1. The number of hydrogen-bond donors (Lipinski definition) is 1. The molecular weight excluding hydrogens is 269 g/mol. The van der Waals surface area contributed by atoms with Gasteiger partial charge in [-0.05, 0) is 24.3 Å². The van der Waals surface area contributed by atoms with Crippen molar-refractivity contribution in [2.45, 2.75) is 6.18 Å². The van der Waals surface area contributed by atoms with Crippen molar-refractivity contribution in [3.05, 3.63) is 48.0 Å². The van der Waals surface area contributed by atoms with Crippen LogP contribution in [-0.4, -0.2) is 4.98 Å². The Hall–Kier alpha value is -2.50. The first-order valence-corrected chi connectivity index (χ1v) is 5.77. The highest BCUT2D eigenvalue weighted by molar-refractivity contribution is 5.82. The van der Waals surface area contributed by atoms with Crippen LogP contribution in [0.4, 0.5) is 19.0 Å². The van der Waals surface area contributed by atoms with Crippen molar-refractivity contribution in [3.63, 3.8) is 0 Å². The predicted molar refractivity (Wildman–Crippen MR) is 68.9 cm³/mol. The molecule has 0 unspecified atom stereocenters. The third kappa shape index (κ3) is 2.20. The number of fused-ring (bicyclic) bond motifs is 1. The second-order valence-electron chi connectivity index (χ2n) is 4.31. The Labute approximate surface area is 111 Å². The molecule has 0 amide bonds. The fourth-order valence-electron chi connectivity index (χ4n) is 1.95. The van der Waals surface area contributed by atoms with E-state index >= 15 is 0 Å². The average molecular weight is 278 g/mol. The minimum atomic E-state index is -4.47. The highest BCUT2D eigenvalue weighted by atomic mass is 19.4. The normalized spacial score (nSPS) is 11.9. The van der Waals surface area contributed by atoms with Crippen molar-refractivity contribution in [1.29, 1.82) is 0 Å². The summed E-state index contributed by atoms with van der Waals surface area (Å²) in [5.41, 5.74) is 5.24. The van der Waals surface area contributed by atoms with Gasteiger partial charge in [0, 0.05) is 5.39 Å². The minimum Gasteiger partial charge on any atom is -0.454 e. The monoisotopic (exact) mass is 278 g/mol. The minimum absolute atomic E-state index is 0.0634. The molecule has 3 nitrogen and oxygen atoms in total. The van der Waals surface area contributed by atoms with Crippen LogP contribution in [0.2, 0.25) is 0 Å². The number of furan rings is 1. The quantitative estimate of drug-likeness (QED) is 0.729. The zero-order chi connectivity index (χ0) is 14.3. The van der Waals surface area contributed by atoms with E-state index in [1.807, 2.05) is 6.07 Å². The summed E-state index contributed by atoms with van der Waals surface area (Å²) in [6.07, 6.45) is -4.47. The van der Waals surface area contributed by atoms with Crippen molar-refractivity contribution in [3.8, 4) is 11.5 Å². The van der Waals surface area contributed by atoms with Crippen molar-refractivity contribution in [2.75, 3.05) is 5.73 Å². The Balaban J connectivity index is 2.16. The van der Waals surface area contributed by atoms with E-state index in [-0.39, 0.29) is 17.3 Å². The highest BCUT2D eigenvalue weighted by Gasteiger charge is 2.31. The molecule has 0 atom stereocenters. The van der Waals surface area contributed by atoms with Crippen LogP contribution in [0.3, 0.4) is 0 Å². The van der Waals surface area contributed by atoms with Crippen LogP contribution in [-0.2, 0) is 6.18 Å². The molecule has 102 valence electrons. The lowest BCUT2D eigenvalue weighted by atomic mass is 10.1. The van der Waals surface area contributed by atoms with E-state index in [1.165, 1.54) is 0 Å². The predicted octanol–water partition coefficient (Wildman–Crippen LogP) is 4.10. The maximum absolute atomic E-state index is 12.8. The van der Waals surface area contributed by atoms with Gasteiger partial charge in [-0.2, -0.15) is 13.2 Å². The maximum Gasteiger partial charge on any atom is 0.416 e. The largest absolute Gasteiger partial charge is 0.454 e. The first-order chi connectivity index (χ1) is 9.43. The van der Waals surface area contributed by atoms with Crippen LogP contribution in [0.5, 0.6) is 0 Å². The molecule has 20 heavy (non-hydrogen) atoms. The van der Waals surface area contributed by atoms with E-state index in [0.29, 0.717) is 5.58 Å². The average Bonchev–Trinajstić information content (AvgIpc) is 2.80. The van der Waals surface area contributed by atoms with Crippen LogP contribution in [0, 0.1) is 0 Å². The molecule has 0 saturated heterocycles. The fourth-order valence-corrected chi connectivity index (χ4v) is 1.95. The SMILES string of the molecule is Nc1cc(C(F)(F)F)cc(-c2cc3ccccc3o2)n1. The highest BCUT2D eigenvalue weighted by Crippen LogP contribution is 2.34. The van der Waals surface area contributed by atoms with Crippen molar-refractivity contribution < 1.29 is 17.6 Å². The van der Waals surface area contributed by atoms with Crippen LogP contribution in [0.25, 0.3) is 22.4 Å². The number of pyridine rings is 1. The third-order valence-corrected chi connectivity index (χ3v) is 2.85. The van der Waals surface area contributed by atoms with Gasteiger partial charge in [0.15, 0.2) is 5.76 Å². The van der Waals surface area contributed by atoms with E-state index in [9.17, 15) is 13.2 Å². The lowest BCUT2D eigenvalue weighted by Crippen LogP contribution is -2.07. The van der Waals surface area contributed by atoms with Crippen molar-refractivity contribution in [1.82, 2.24) is 4.98 Å². The van der Waals surface area contributed by atoms with Crippen LogP contribution in [0.15, 0.2) is 46.9 Å². The molecule has 3 aromatic rings. The number of anilines is 1. The zero-order valence-corrected chi connectivity index (χ0v) is 10.1. The van der Waals surface area contributed by atoms with Gasteiger partial charge in [-0.25, -0.2) is 4.98 Å². The Morgan fingerprint density at radius 2 is 1.80 bits per heavy atom. The molecule has 2 N–H and O–H groups in total. The number of rotatable bonds is 1.